The number of rotatable bonds is 2. The molecule has 0 fully saturated rings. The molecule has 0 saturated carbocycles. The summed E-state index contributed by atoms with van der Waals surface area (Å²) in [6.45, 7) is 0. The molecule has 1 aromatic carbocycles. The van der Waals surface area contributed by atoms with Gasteiger partial charge in [0.1, 0.15) is 0 Å². The Balaban J connectivity index is 3.31. The van der Waals surface area contributed by atoms with Crippen molar-refractivity contribution in [3.05, 3.63) is 35.4 Å². The summed E-state index contributed by atoms with van der Waals surface area (Å²) in [5.41, 5.74) is 1.20. The third kappa shape index (κ3) is 3.43. The Kier molecular flexibility index (Phi) is 4.49. The number of hydrogen-bond donors (Lipinski definition) is 0. The molecule has 0 aliphatic rings. The minimum atomic E-state index is -1.20. The molecule has 0 atom stereocenters. The number of benzene rings is 1. The van der Waals surface area contributed by atoms with Crippen LogP contribution in [0, 0.1) is 0 Å². The lowest BCUT2D eigenvalue weighted by Crippen LogP contribution is -2.10. The molecule has 1 aromatic rings. The fraction of sp³-hybridized carbons (Fsp3) is 0.250. The first-order valence-electron chi connectivity index (χ1n) is 3.46. The smallest absolute Gasteiger partial charge is 0.0834 e. The molecular formula is C8H4Br2Cl4. The normalized spacial score (nSPS) is 13.0. The first-order valence-corrected chi connectivity index (χ1v) is 6.56. The lowest BCUT2D eigenvalue weighted by molar-refractivity contribution is 1.15. The molecule has 0 aliphatic carbocycles. The quantitative estimate of drug-likeness (QED) is 0.562. The second-order valence-electron chi connectivity index (χ2n) is 2.54. The van der Waals surface area contributed by atoms with Gasteiger partial charge >= 0.3 is 0 Å². The van der Waals surface area contributed by atoms with E-state index in [4.69, 9.17) is 46.4 Å². The van der Waals surface area contributed by atoms with Gasteiger partial charge < -0.3 is 0 Å². The van der Waals surface area contributed by atoms with Gasteiger partial charge in [-0.15, -0.1) is 0 Å². The van der Waals surface area contributed by atoms with Crippen molar-refractivity contribution in [2.24, 2.45) is 0 Å². The summed E-state index contributed by atoms with van der Waals surface area (Å²) in [6, 6.07) is 7.08. The predicted octanol–water partition coefficient (Wildman–Crippen LogP) is 5.65. The maximum absolute atomic E-state index is 5.91. The zero-order valence-corrected chi connectivity index (χ0v) is 12.8. The fourth-order valence-electron chi connectivity index (χ4n) is 0.978. The summed E-state index contributed by atoms with van der Waals surface area (Å²) in [5.74, 6) is 0. The highest BCUT2D eigenvalue weighted by molar-refractivity contribution is 9.10. The molecule has 0 saturated heterocycles. The zero-order chi connectivity index (χ0) is 11.0. The van der Waals surface area contributed by atoms with Gasteiger partial charge in [-0.05, 0) is 31.9 Å². The van der Waals surface area contributed by atoms with Crippen LogP contribution in [0.1, 0.15) is 11.1 Å². The van der Waals surface area contributed by atoms with Crippen molar-refractivity contribution >= 4 is 78.3 Å². The van der Waals surface area contributed by atoms with Crippen molar-refractivity contribution < 1.29 is 0 Å². The Bertz CT molecular complexity index is 294. The minimum absolute atomic E-state index is 0.602. The van der Waals surface area contributed by atoms with Gasteiger partial charge in [0.15, 0.2) is 6.49 Å². The Morgan fingerprint density at radius 2 is 1.07 bits per heavy atom. The van der Waals surface area contributed by atoms with E-state index in [9.17, 15) is 0 Å². The van der Waals surface area contributed by atoms with Crippen LogP contribution >= 0.6 is 78.3 Å². The molecule has 0 amide bonds. The van der Waals surface area contributed by atoms with Crippen LogP contribution in [-0.4, -0.2) is 0 Å². The van der Waals surface area contributed by atoms with Crippen LogP contribution < -0.4 is 0 Å². The highest BCUT2D eigenvalue weighted by Crippen LogP contribution is 2.49. The molecule has 0 radical (unpaired) electrons. The zero-order valence-electron chi connectivity index (χ0n) is 6.58. The minimum Gasteiger partial charge on any atom is -0.0834 e. The Labute approximate surface area is 119 Å². The van der Waals surface area contributed by atoms with E-state index in [0.29, 0.717) is 11.1 Å². The van der Waals surface area contributed by atoms with Gasteiger partial charge in [-0.3, -0.25) is 0 Å². The van der Waals surface area contributed by atoms with Crippen molar-refractivity contribution in [2.45, 2.75) is 6.49 Å². The average molecular weight is 402 g/mol. The van der Waals surface area contributed by atoms with E-state index in [1.165, 1.54) is 0 Å². The molecule has 0 aromatic heterocycles. The van der Waals surface area contributed by atoms with Crippen LogP contribution in [0.3, 0.4) is 0 Å². The van der Waals surface area contributed by atoms with Crippen LogP contribution in [0.25, 0.3) is 0 Å². The summed E-state index contributed by atoms with van der Waals surface area (Å²) in [7, 11) is 0. The second kappa shape index (κ2) is 4.68. The van der Waals surface area contributed by atoms with Gasteiger partial charge in [-0.2, -0.15) is 0 Å². The van der Waals surface area contributed by atoms with Gasteiger partial charge in [0.25, 0.3) is 0 Å². The van der Waals surface area contributed by atoms with Crippen LogP contribution in [-0.2, 0) is 6.49 Å². The molecule has 0 spiro atoms. The predicted molar refractivity (Wildman–Crippen MR) is 71.1 cm³/mol. The van der Waals surface area contributed by atoms with Gasteiger partial charge in [-0.25, -0.2) is 0 Å². The van der Waals surface area contributed by atoms with Crippen molar-refractivity contribution in [3.8, 4) is 0 Å². The molecule has 0 bridgehead atoms. The summed E-state index contributed by atoms with van der Waals surface area (Å²) in [5, 5.41) is 0. The standard InChI is InChI=1S/C8H4Br2Cl4/c9-7(11,12)5-3-1-2-4-6(5)8(10,13)14/h1-4H. The van der Waals surface area contributed by atoms with E-state index < -0.39 is 6.49 Å². The maximum Gasteiger partial charge on any atom is 0.197 e. The number of halogens is 6. The number of hydrogen-bond acceptors (Lipinski definition) is 0. The Hall–Kier alpha value is 1.34. The monoisotopic (exact) mass is 398 g/mol. The molecule has 6 heteroatoms. The molecule has 0 nitrogen and oxygen atoms in total. The maximum atomic E-state index is 5.91. The molecule has 0 aliphatic heterocycles. The van der Waals surface area contributed by atoms with Crippen molar-refractivity contribution in [3.63, 3.8) is 0 Å². The van der Waals surface area contributed by atoms with Gasteiger partial charge in [0.2, 0.25) is 0 Å². The highest BCUT2D eigenvalue weighted by Gasteiger charge is 2.33. The SMILES string of the molecule is ClC(Cl)(Br)c1ccccc1C(Cl)(Cl)Br. The fourth-order valence-corrected chi connectivity index (χ4v) is 2.33. The molecule has 0 unspecified atom stereocenters. The van der Waals surface area contributed by atoms with Crippen LogP contribution in [0.4, 0.5) is 0 Å². The number of alkyl halides is 6. The van der Waals surface area contributed by atoms with Crippen LogP contribution in [0.15, 0.2) is 24.3 Å². The Morgan fingerprint density at radius 1 is 0.786 bits per heavy atom. The lowest BCUT2D eigenvalue weighted by atomic mass is 10.1. The first kappa shape index (κ1) is 13.4. The van der Waals surface area contributed by atoms with Crippen molar-refractivity contribution in [1.82, 2.24) is 0 Å². The largest absolute Gasteiger partial charge is 0.197 e. The molecule has 78 valence electrons. The average Bonchev–Trinajstić information content (AvgIpc) is 2.01. The van der Waals surface area contributed by atoms with E-state index in [1.54, 1.807) is 24.3 Å². The molecule has 0 N–H and O–H groups in total. The summed E-state index contributed by atoms with van der Waals surface area (Å²) < 4.78 is -2.40. The molecular weight excluding hydrogens is 398 g/mol. The molecule has 14 heavy (non-hydrogen) atoms. The lowest BCUT2D eigenvalue weighted by Gasteiger charge is -2.21. The Morgan fingerprint density at radius 3 is 1.29 bits per heavy atom. The second-order valence-corrected chi connectivity index (χ2v) is 9.40. The summed E-state index contributed by atoms with van der Waals surface area (Å²) in [6.07, 6.45) is 0. The van der Waals surface area contributed by atoms with E-state index >= 15 is 0 Å². The van der Waals surface area contributed by atoms with Crippen molar-refractivity contribution in [2.75, 3.05) is 0 Å². The van der Waals surface area contributed by atoms with Crippen molar-refractivity contribution in [1.29, 1.82) is 0 Å². The highest BCUT2D eigenvalue weighted by atomic mass is 79.9. The van der Waals surface area contributed by atoms with Gasteiger partial charge in [0, 0.05) is 11.1 Å². The van der Waals surface area contributed by atoms with E-state index in [0.717, 1.165) is 0 Å². The van der Waals surface area contributed by atoms with E-state index in [1.807, 2.05) is 0 Å². The first-order chi connectivity index (χ1) is 6.23. The van der Waals surface area contributed by atoms with E-state index in [2.05, 4.69) is 31.9 Å². The summed E-state index contributed by atoms with van der Waals surface area (Å²) in [4.78, 5) is 0. The van der Waals surface area contributed by atoms with Crippen LogP contribution in [0.2, 0.25) is 0 Å². The topological polar surface area (TPSA) is 0 Å². The van der Waals surface area contributed by atoms with E-state index in [-0.39, 0.29) is 0 Å². The third-order valence-electron chi connectivity index (χ3n) is 1.54. The third-order valence-corrected chi connectivity index (χ3v) is 3.21. The summed E-state index contributed by atoms with van der Waals surface area (Å²) >= 11 is 29.9. The van der Waals surface area contributed by atoms with Gasteiger partial charge in [-0.1, -0.05) is 70.7 Å². The molecule has 0 heterocycles. The molecule has 1 rings (SSSR count). The van der Waals surface area contributed by atoms with Crippen LogP contribution in [0.5, 0.6) is 0 Å². The van der Waals surface area contributed by atoms with Gasteiger partial charge in [0.05, 0.1) is 0 Å².